The summed E-state index contributed by atoms with van der Waals surface area (Å²) in [6, 6.07) is 0. The first-order chi connectivity index (χ1) is 6.78. The smallest absolute Gasteiger partial charge is 1.00 e. The maximum absolute atomic E-state index is 10.3. The number of hydrogen-bond acceptors (Lipinski definition) is 5. The van der Waals surface area contributed by atoms with Crippen LogP contribution >= 0.6 is 9.69 Å². The third-order valence-corrected chi connectivity index (χ3v) is 1.28. The van der Waals surface area contributed by atoms with Crippen molar-refractivity contribution in [2.75, 3.05) is 0 Å². The van der Waals surface area contributed by atoms with Crippen molar-refractivity contribution in [2.24, 2.45) is 0 Å². The Bertz CT molecular complexity index is 243. The summed E-state index contributed by atoms with van der Waals surface area (Å²) in [5.74, 6) is -5.34. The van der Waals surface area contributed by atoms with Crippen molar-refractivity contribution in [3.8, 4) is 0 Å². The van der Waals surface area contributed by atoms with Gasteiger partial charge in [-0.25, -0.2) is 4.79 Å². The summed E-state index contributed by atoms with van der Waals surface area (Å²) in [5, 5.41) is 35.5. The van der Waals surface area contributed by atoms with Gasteiger partial charge >= 0.3 is 68.5 Å². The van der Waals surface area contributed by atoms with Gasteiger partial charge in [-0.05, 0) is 0 Å². The first-order valence-corrected chi connectivity index (χ1v) is 5.52. The van der Waals surface area contributed by atoms with E-state index in [4.69, 9.17) is 15.3 Å². The predicted molar refractivity (Wildman–Crippen MR) is 40.3 cm³/mol. The molecular formula is C6H7ClNaO7Ru. The van der Waals surface area contributed by atoms with Gasteiger partial charge in [-0.1, -0.05) is 0 Å². The summed E-state index contributed by atoms with van der Waals surface area (Å²) in [6.45, 7) is 0. The van der Waals surface area contributed by atoms with Crippen molar-refractivity contribution >= 4 is 27.6 Å². The first-order valence-electron chi connectivity index (χ1n) is 3.29. The number of carboxylic acids is 3. The van der Waals surface area contributed by atoms with E-state index in [1.807, 2.05) is 17.3 Å². The van der Waals surface area contributed by atoms with E-state index in [1.54, 1.807) is 0 Å². The number of halogens is 1. The molecule has 0 rings (SSSR count). The summed E-state index contributed by atoms with van der Waals surface area (Å²) in [7, 11) is 4.57. The molecule has 0 fully saturated rings. The van der Waals surface area contributed by atoms with E-state index in [2.05, 4.69) is 9.69 Å². The Kier molecular flexibility index (Phi) is 14.1. The Hall–Kier alpha value is 0.283. The monoisotopic (exact) mass is 351 g/mol. The maximum Gasteiger partial charge on any atom is 1.00 e. The number of carbonyl (C=O) groups is 3. The Morgan fingerprint density at radius 2 is 1.56 bits per heavy atom. The molecule has 0 aliphatic heterocycles. The van der Waals surface area contributed by atoms with E-state index in [1.165, 1.54) is 0 Å². The molecular weight excluding hydrogens is 344 g/mol. The van der Waals surface area contributed by atoms with Gasteiger partial charge in [-0.3, -0.25) is 4.79 Å². The average molecular weight is 351 g/mol. The topological polar surface area (TPSA) is 135 Å². The van der Waals surface area contributed by atoms with Gasteiger partial charge < -0.3 is 25.2 Å². The van der Waals surface area contributed by atoms with Gasteiger partial charge in [0, 0.05) is 12.4 Å². The Labute approximate surface area is 127 Å². The Morgan fingerprint density at radius 1 is 1.19 bits per heavy atom. The largest absolute Gasteiger partial charge is 1.00 e. The third kappa shape index (κ3) is 9.51. The van der Waals surface area contributed by atoms with Crippen LogP contribution in [-0.2, 0) is 31.7 Å². The summed E-state index contributed by atoms with van der Waals surface area (Å²) in [6.07, 6.45) is -2.44. The van der Waals surface area contributed by atoms with E-state index < -0.39 is 36.4 Å². The molecule has 0 radical (unpaired) electrons. The Balaban J connectivity index is -0.000000529. The molecule has 16 heavy (non-hydrogen) atoms. The van der Waals surface area contributed by atoms with Crippen LogP contribution in [0.25, 0.3) is 0 Å². The van der Waals surface area contributed by atoms with Gasteiger partial charge in [0.15, 0.2) is 5.60 Å². The van der Waals surface area contributed by atoms with Crippen molar-refractivity contribution in [3.05, 3.63) is 0 Å². The fourth-order valence-corrected chi connectivity index (χ4v) is 0.703. The summed E-state index contributed by atoms with van der Waals surface area (Å²) in [4.78, 5) is 30.3. The van der Waals surface area contributed by atoms with Gasteiger partial charge in [-0.2, -0.15) is 0 Å². The van der Waals surface area contributed by atoms with E-state index >= 15 is 0 Å². The number of carbonyl (C=O) groups excluding carboxylic acids is 1. The van der Waals surface area contributed by atoms with Gasteiger partial charge in [0.25, 0.3) is 0 Å². The molecule has 0 aliphatic rings. The zero-order valence-electron chi connectivity index (χ0n) is 8.12. The number of aliphatic hydroxyl groups is 1. The van der Waals surface area contributed by atoms with Crippen LogP contribution in [0.4, 0.5) is 0 Å². The minimum atomic E-state index is -2.80. The van der Waals surface area contributed by atoms with Crippen molar-refractivity contribution in [1.82, 2.24) is 0 Å². The van der Waals surface area contributed by atoms with Crippen molar-refractivity contribution in [3.63, 3.8) is 0 Å². The van der Waals surface area contributed by atoms with Crippen LogP contribution in [0.2, 0.25) is 0 Å². The van der Waals surface area contributed by atoms with Crippen LogP contribution < -0.4 is 34.7 Å². The summed E-state index contributed by atoms with van der Waals surface area (Å²) in [5.41, 5.74) is -2.80. The molecule has 10 heteroatoms. The molecule has 0 bridgehead atoms. The van der Waals surface area contributed by atoms with Crippen LogP contribution in [0, 0.1) is 0 Å². The molecule has 0 saturated carbocycles. The van der Waals surface area contributed by atoms with Crippen LogP contribution in [0.1, 0.15) is 12.8 Å². The molecule has 0 saturated heterocycles. The maximum atomic E-state index is 10.3. The molecule has 0 heterocycles. The molecule has 1 unspecified atom stereocenters. The fourth-order valence-electron chi connectivity index (χ4n) is 0.703. The molecule has 0 aromatic heterocycles. The summed E-state index contributed by atoms with van der Waals surface area (Å²) >= 11 is 1.82. The van der Waals surface area contributed by atoms with Crippen molar-refractivity contribution in [1.29, 1.82) is 0 Å². The van der Waals surface area contributed by atoms with Crippen LogP contribution in [0.3, 0.4) is 0 Å². The molecule has 0 aromatic rings. The van der Waals surface area contributed by atoms with Gasteiger partial charge in [-0.15, -0.1) is 0 Å². The molecule has 0 aliphatic carbocycles. The summed E-state index contributed by atoms with van der Waals surface area (Å²) < 4.78 is 0. The number of aliphatic carboxylic acids is 3. The third-order valence-electron chi connectivity index (χ3n) is 1.28. The average Bonchev–Trinajstić information content (AvgIpc) is 2.04. The molecule has 1 atom stereocenters. The number of rotatable bonds is 5. The molecule has 0 amide bonds. The van der Waals surface area contributed by atoms with Crippen molar-refractivity contribution in [2.45, 2.75) is 18.4 Å². The SMILES string of the molecule is O=C([O-])CC(O)(CC(=O)O)C(=O)O.[Cl][Ru].[Na+]. The number of carboxylic acid groups (broad SMARTS) is 3. The second-order valence-electron chi connectivity index (χ2n) is 2.46. The molecule has 0 aromatic carbocycles. The fraction of sp³-hybridized carbons (Fsp3) is 0.500. The second-order valence-corrected chi connectivity index (χ2v) is 2.46. The van der Waals surface area contributed by atoms with Crippen LogP contribution in [-0.4, -0.2) is 38.8 Å². The second kappa shape index (κ2) is 10.4. The van der Waals surface area contributed by atoms with Crippen molar-refractivity contribution < 1.29 is 81.7 Å². The van der Waals surface area contributed by atoms with Crippen LogP contribution in [0.5, 0.6) is 0 Å². The normalized spacial score (nSPS) is 12.2. The molecule has 89 valence electrons. The Morgan fingerprint density at radius 3 is 1.75 bits per heavy atom. The molecule has 3 N–H and O–H groups in total. The van der Waals surface area contributed by atoms with E-state index in [9.17, 15) is 19.5 Å². The quantitative estimate of drug-likeness (QED) is 0.423. The standard InChI is InChI=1S/C6H8O7.ClH.Na.Ru/c7-3(8)1-6(13,5(11)12)2-4(9)10;;;/h13H,1-2H2,(H,7,8)(H,9,10)(H,11,12);1H;;/q;;2*+1/p-2. The zero-order valence-corrected chi connectivity index (χ0v) is 12.6. The predicted octanol–water partition coefficient (Wildman–Crippen LogP) is -4.89. The van der Waals surface area contributed by atoms with Gasteiger partial charge in [0.05, 0.1) is 6.42 Å². The number of hydrogen-bond donors (Lipinski definition) is 3. The minimum Gasteiger partial charge on any atom is 1.00 e. The van der Waals surface area contributed by atoms with Gasteiger partial charge in [0.2, 0.25) is 0 Å². The van der Waals surface area contributed by atoms with E-state index in [0.29, 0.717) is 0 Å². The van der Waals surface area contributed by atoms with Gasteiger partial charge in [0.1, 0.15) is 0 Å². The molecule has 0 spiro atoms. The molecule has 7 nitrogen and oxygen atoms in total. The minimum absolute atomic E-state index is 0. The first kappa shape index (κ1) is 21.6. The zero-order chi connectivity index (χ0) is 12.6. The van der Waals surface area contributed by atoms with E-state index in [-0.39, 0.29) is 29.6 Å². The van der Waals surface area contributed by atoms with E-state index in [0.717, 1.165) is 0 Å². The van der Waals surface area contributed by atoms with Crippen LogP contribution in [0.15, 0.2) is 0 Å².